The first kappa shape index (κ1) is 102. The SMILES string of the molecule is CC/C(=C/c1oc2ccc(-c3ccccc3)cc2[n+]1CCS(=O)(=O)[O-])CC1Oc2ccc(-c3ccccc3)cc2N1CC.CCN1C(=CC2=CC(=Cc3sc4ccccc4[n+]3CC)CC(C)(C)C2)Sc2ccccc21.CCN1C(=Cc2sc3ccc4ccccc4c3[n+]2CCCS(=O)(=O)[O-])Sc2ccc3ccccc3c21.O=C(O)C[n+]1c(C=C2Sc3ccc(Cl)cc3N2CCCS(=O)(=O)[O-])sc2ccc(Cl)cc21. The number of thiazole rings is 3. The number of para-hydroxylation sites is 2. The monoisotopic (exact) mass is 2120 g/mol. The van der Waals surface area contributed by atoms with Crippen molar-refractivity contribution in [3.05, 3.63) is 330 Å². The quantitative estimate of drug-likeness (QED) is 0.0370. The average molecular weight is 2120 g/mol. The number of carboxylic acid groups (broad SMARTS) is 1. The van der Waals surface area contributed by atoms with Gasteiger partial charge in [-0.1, -0.05) is 277 Å². The molecule has 4 aliphatic heterocycles. The van der Waals surface area contributed by atoms with Crippen molar-refractivity contribution in [3.63, 3.8) is 0 Å². The molecule has 0 saturated carbocycles. The van der Waals surface area contributed by atoms with E-state index in [0.29, 0.717) is 51.6 Å². The van der Waals surface area contributed by atoms with Crippen molar-refractivity contribution in [1.29, 1.82) is 0 Å². The summed E-state index contributed by atoms with van der Waals surface area (Å²) in [5.41, 5.74) is 17.5. The third-order valence-corrected chi connectivity index (χ3v) is 34.8. The lowest BCUT2D eigenvalue weighted by molar-refractivity contribution is -0.673. The summed E-state index contributed by atoms with van der Waals surface area (Å²) in [6, 6.07) is 86.0. The maximum atomic E-state index is 11.6. The van der Waals surface area contributed by atoms with Gasteiger partial charge in [0, 0.05) is 105 Å². The molecular formula is C111H105Cl2N8O13S9+. The lowest BCUT2D eigenvalue weighted by Gasteiger charge is -2.31. The molecule has 8 heterocycles. The van der Waals surface area contributed by atoms with E-state index in [4.69, 9.17) is 32.4 Å². The molecule has 0 bridgehead atoms. The highest BCUT2D eigenvalue weighted by atomic mass is 35.5. The number of oxazole rings is 1. The number of anilines is 4. The molecule has 734 valence electrons. The van der Waals surface area contributed by atoms with Crippen molar-refractivity contribution in [1.82, 2.24) is 0 Å². The van der Waals surface area contributed by atoms with Crippen molar-refractivity contribution in [2.24, 2.45) is 5.41 Å². The van der Waals surface area contributed by atoms with Gasteiger partial charge in [-0.2, -0.15) is 18.3 Å². The van der Waals surface area contributed by atoms with E-state index in [-0.39, 0.29) is 43.3 Å². The molecule has 12 aromatic carbocycles. The molecule has 0 radical (unpaired) electrons. The number of hydrogen-bond donors (Lipinski definition) is 1. The minimum absolute atomic E-state index is 0.00534. The Balaban J connectivity index is 0.000000127. The number of ether oxygens (including phenoxy) is 1. The van der Waals surface area contributed by atoms with Crippen LogP contribution in [-0.4, -0.2) is 99.7 Å². The Morgan fingerprint density at radius 1 is 0.490 bits per heavy atom. The normalized spacial score (nSPS) is 16.2. The molecule has 0 amide bonds. The summed E-state index contributed by atoms with van der Waals surface area (Å²) in [6.07, 6.45) is 17.2. The first-order valence-corrected chi connectivity index (χ1v) is 57.8. The van der Waals surface area contributed by atoms with E-state index in [1.54, 1.807) is 56.5 Å². The van der Waals surface area contributed by atoms with Gasteiger partial charge in [0.05, 0.1) is 87.4 Å². The van der Waals surface area contributed by atoms with Gasteiger partial charge >= 0.3 is 11.9 Å². The van der Waals surface area contributed by atoms with Crippen LogP contribution in [0.4, 0.5) is 22.7 Å². The molecule has 0 fully saturated rings. The van der Waals surface area contributed by atoms with Crippen LogP contribution in [0, 0.1) is 5.41 Å². The third-order valence-electron chi connectivity index (χ3n) is 25.5. The second-order valence-corrected chi connectivity index (χ2v) is 47.7. The van der Waals surface area contributed by atoms with E-state index in [2.05, 4.69) is 230 Å². The third kappa shape index (κ3) is 23.6. The highest BCUT2D eigenvalue weighted by Crippen LogP contribution is 2.53. The minimum atomic E-state index is -4.43. The number of aryl methyl sites for hydroxylation is 3. The molecule has 21 nitrogen and oxygen atoms in total. The number of aliphatic carboxylic acids is 1. The lowest BCUT2D eigenvalue weighted by Crippen LogP contribution is -2.39. The largest absolute Gasteiger partial charge is 0.748 e. The highest BCUT2D eigenvalue weighted by molar-refractivity contribution is 8.04. The number of thioether (sulfide) groups is 3. The predicted octanol–water partition coefficient (Wildman–Crippen LogP) is 25.6. The van der Waals surface area contributed by atoms with Crippen molar-refractivity contribution in [2.45, 2.75) is 134 Å². The summed E-state index contributed by atoms with van der Waals surface area (Å²) in [7, 11) is -13.0. The molecule has 21 rings (SSSR count). The van der Waals surface area contributed by atoms with Gasteiger partial charge < -0.3 is 47.5 Å². The van der Waals surface area contributed by atoms with E-state index >= 15 is 0 Å². The maximum Gasteiger partial charge on any atom is 0.374 e. The number of nitrogens with zero attached hydrogens (tertiary/aromatic N) is 8. The van der Waals surface area contributed by atoms with Crippen molar-refractivity contribution >= 4 is 239 Å². The fraction of sp³-hybridized carbons (Fsp3) is 0.234. The summed E-state index contributed by atoms with van der Waals surface area (Å²) in [5.74, 6) is -0.997. The Kier molecular flexibility index (Phi) is 31.2. The van der Waals surface area contributed by atoms with Gasteiger partial charge in [-0.3, -0.25) is 0 Å². The Bertz CT molecular complexity index is 8160. The van der Waals surface area contributed by atoms with E-state index in [9.17, 15) is 48.8 Å². The Morgan fingerprint density at radius 2 is 1.06 bits per heavy atom. The summed E-state index contributed by atoms with van der Waals surface area (Å²) in [5, 5.41) is 21.6. The number of carboxylic acids is 1. The number of hydrogen-bond acceptors (Lipinski definition) is 22. The van der Waals surface area contributed by atoms with Gasteiger partial charge in [0.25, 0.3) is 20.5 Å². The molecule has 4 aromatic heterocycles. The molecule has 5 aliphatic rings. The summed E-state index contributed by atoms with van der Waals surface area (Å²) >= 11 is 22.5. The molecule has 0 saturated heterocycles. The molecule has 143 heavy (non-hydrogen) atoms. The van der Waals surface area contributed by atoms with Gasteiger partial charge in [-0.25, -0.2) is 30.0 Å². The number of aromatic nitrogens is 4. The van der Waals surface area contributed by atoms with Crippen molar-refractivity contribution in [2.75, 3.05) is 63.0 Å². The van der Waals surface area contributed by atoms with Crippen molar-refractivity contribution in [3.8, 4) is 28.0 Å². The zero-order valence-corrected chi connectivity index (χ0v) is 88.5. The number of halogens is 2. The minimum Gasteiger partial charge on any atom is -0.748 e. The Hall–Kier alpha value is -11.4. The number of carbonyl (C=O) groups is 1. The van der Waals surface area contributed by atoms with E-state index in [1.165, 1.54) is 86.4 Å². The molecule has 32 heteroatoms. The van der Waals surface area contributed by atoms with Gasteiger partial charge in [0.1, 0.15) is 36.5 Å². The lowest BCUT2D eigenvalue weighted by atomic mass is 9.75. The van der Waals surface area contributed by atoms with Crippen molar-refractivity contribution < 1.29 is 76.2 Å². The number of benzene rings is 12. The molecule has 1 N–H and O–H groups in total. The zero-order valence-electron chi connectivity index (χ0n) is 79.7. The Morgan fingerprint density at radius 3 is 1.76 bits per heavy atom. The van der Waals surface area contributed by atoms with Gasteiger partial charge in [-0.15, -0.1) is 0 Å². The predicted molar refractivity (Wildman–Crippen MR) is 585 cm³/mol. The van der Waals surface area contributed by atoms with Crippen LogP contribution in [0.1, 0.15) is 108 Å². The van der Waals surface area contributed by atoms with E-state index in [1.807, 2.05) is 137 Å². The van der Waals surface area contributed by atoms with E-state index < -0.39 is 47.8 Å². The molecular weight excluding hydrogens is 2010 g/mol. The van der Waals surface area contributed by atoms with Crippen LogP contribution in [0.25, 0.3) is 110 Å². The van der Waals surface area contributed by atoms with Crippen LogP contribution >= 0.6 is 92.5 Å². The first-order valence-electron chi connectivity index (χ1n) is 47.4. The second kappa shape index (κ2) is 43.9. The average Bonchev–Trinajstić information content (AvgIpc) is 1.59. The number of fused-ring (bicyclic) bond motifs is 12. The van der Waals surface area contributed by atoms with Gasteiger partial charge in [0.2, 0.25) is 28.7 Å². The number of rotatable bonds is 27. The fourth-order valence-electron chi connectivity index (χ4n) is 19.1. The number of allylic oxidation sites excluding steroid dienone is 4. The molecule has 1 aliphatic carbocycles. The molecule has 16 aromatic rings. The van der Waals surface area contributed by atoms with Crippen LogP contribution in [-0.2, 0) is 61.3 Å². The zero-order chi connectivity index (χ0) is 100. The van der Waals surface area contributed by atoms with E-state index in [0.717, 1.165) is 142 Å². The second-order valence-electron chi connectivity index (χ2n) is 35.9. The smallest absolute Gasteiger partial charge is 0.374 e. The highest BCUT2D eigenvalue weighted by Gasteiger charge is 2.37. The molecule has 1 unspecified atom stereocenters. The summed E-state index contributed by atoms with van der Waals surface area (Å²) in [4.78, 5) is 24.0. The first-order chi connectivity index (χ1) is 68.8. The summed E-state index contributed by atoms with van der Waals surface area (Å²) in [6.45, 7) is 19.8. The van der Waals surface area contributed by atoms with Crippen LogP contribution < -0.4 is 42.6 Å². The standard InChI is InChI=1S/C35H34N2O5S.C28H24N2O3S3.C28H31N2S2.C20H16Cl2N2O5S3/c1-3-25(21-34-36(4-2)30-23-28(15-17-32(30)41-34)26-11-7-5-8-12-26)22-35-37(19-20-43(38,39)40)31-24-29(16-18-33(31)42-35)27-13-9-6-10-14-27;1-2-29-25(34-23-14-12-19-8-3-5-10-21(19)27(23)29)18-26-30(16-7-17-36(31,32)33)28-22-11-6-4-9-20(22)13-15-24(28)35-26;1-5-29-22-11-7-9-13-24(22)31-26(29)16-20-15-21(19-28(3,4)18-20)17-27-30(6-2)23-12-8-10-14-25(23)32-27;21-12-2-4-16-14(8-12)23(6-1-7-32(27,28)29)18(30-16)10-19-24(11-20(25)26)15-9-13(22)3-5-17(15)31-19/h5-18,22-24,34H,3-4,19-21H2,1-2H3;3-6,8-15,18H,2,7,16-17H2,1H3;7-17H,5-6,18-19H2,1-4H3;2-5,8-10H,1,6-7,11H2,(H-,25,26,27,28,29)/q;;+1;/b25-22-;;;. The van der Waals surface area contributed by atoms with Gasteiger partial charge in [-0.05, 0) is 194 Å². The van der Waals surface area contributed by atoms with Crippen LogP contribution in [0.5, 0.6) is 5.75 Å². The molecule has 0 spiro atoms. The molecule has 1 atom stereocenters. The fourth-order valence-corrected chi connectivity index (χ4v) is 27.8. The summed E-state index contributed by atoms with van der Waals surface area (Å²) < 4.78 is 126. The van der Waals surface area contributed by atoms with Crippen LogP contribution in [0.2, 0.25) is 10.0 Å². The van der Waals surface area contributed by atoms with Crippen LogP contribution in [0.15, 0.2) is 318 Å². The van der Waals surface area contributed by atoms with Crippen LogP contribution in [0.3, 0.4) is 0 Å². The Labute approximate surface area is 868 Å². The van der Waals surface area contributed by atoms with Gasteiger partial charge in [0.15, 0.2) is 19.3 Å². The maximum absolute atomic E-state index is 11.6. The topological polar surface area (TPSA) is 260 Å².